The number of pyridine rings is 1. The van der Waals surface area contributed by atoms with Gasteiger partial charge in [-0.25, -0.2) is 4.98 Å². The van der Waals surface area contributed by atoms with E-state index in [9.17, 15) is 4.79 Å². The summed E-state index contributed by atoms with van der Waals surface area (Å²) < 4.78 is 0.829. The lowest BCUT2D eigenvalue weighted by atomic mass is 10.2. The van der Waals surface area contributed by atoms with Gasteiger partial charge < -0.3 is 5.32 Å². The normalized spacial score (nSPS) is 14.3. The molecule has 62 valence electrons. The average molecular weight is 247 g/mol. The van der Waals surface area contributed by atoms with Crippen molar-refractivity contribution in [3.63, 3.8) is 0 Å². The minimum Gasteiger partial charge on any atom is -0.310 e. The van der Waals surface area contributed by atoms with E-state index in [1.165, 1.54) is 0 Å². The summed E-state index contributed by atoms with van der Waals surface area (Å²) in [6.07, 6.45) is 0.375. The van der Waals surface area contributed by atoms with Gasteiger partial charge in [0.25, 0.3) is 0 Å². The van der Waals surface area contributed by atoms with E-state index in [4.69, 9.17) is 11.6 Å². The summed E-state index contributed by atoms with van der Waals surface area (Å²) in [6.45, 7) is 0. The summed E-state index contributed by atoms with van der Waals surface area (Å²) in [5.41, 5.74) is 0.879. The van der Waals surface area contributed by atoms with Gasteiger partial charge in [0, 0.05) is 10.0 Å². The molecule has 0 spiro atoms. The van der Waals surface area contributed by atoms with Gasteiger partial charge in [-0.2, -0.15) is 0 Å². The van der Waals surface area contributed by atoms with Crippen LogP contribution in [-0.4, -0.2) is 10.9 Å². The van der Waals surface area contributed by atoms with Crippen LogP contribution in [-0.2, 0) is 11.2 Å². The molecule has 0 aromatic carbocycles. The van der Waals surface area contributed by atoms with Crippen LogP contribution in [0.5, 0.6) is 0 Å². The lowest BCUT2D eigenvalue weighted by Gasteiger charge is -1.99. The molecule has 0 saturated carbocycles. The summed E-state index contributed by atoms with van der Waals surface area (Å²) in [5.74, 6) is 0.528. The number of halogens is 2. The van der Waals surface area contributed by atoms with Crippen molar-refractivity contribution >= 4 is 39.3 Å². The molecule has 12 heavy (non-hydrogen) atoms. The number of nitrogens with zero attached hydrogens (tertiary/aromatic N) is 1. The second-order valence-corrected chi connectivity index (χ2v) is 3.72. The second kappa shape index (κ2) is 2.71. The Bertz CT molecular complexity index is 367. The van der Waals surface area contributed by atoms with E-state index in [1.54, 1.807) is 6.07 Å². The Balaban J connectivity index is 2.59. The maximum Gasteiger partial charge on any atom is 0.230 e. The van der Waals surface area contributed by atoms with Crippen LogP contribution in [0.15, 0.2) is 10.5 Å². The Morgan fingerprint density at radius 1 is 1.67 bits per heavy atom. The molecule has 2 heterocycles. The van der Waals surface area contributed by atoms with Crippen molar-refractivity contribution in [3.05, 3.63) is 21.3 Å². The molecule has 0 aliphatic carbocycles. The second-order valence-electron chi connectivity index (χ2n) is 2.48. The number of carbonyl (C=O) groups is 1. The number of fused-ring (bicyclic) bond motifs is 1. The molecule has 0 bridgehead atoms. The number of nitrogens with one attached hydrogen (secondary N) is 1. The van der Waals surface area contributed by atoms with Gasteiger partial charge in [0.2, 0.25) is 5.91 Å². The Labute approximate surface area is 82.3 Å². The van der Waals surface area contributed by atoms with E-state index in [0.717, 1.165) is 10.0 Å². The molecule has 1 N–H and O–H groups in total. The van der Waals surface area contributed by atoms with Gasteiger partial charge in [0.15, 0.2) is 0 Å². The van der Waals surface area contributed by atoms with Crippen molar-refractivity contribution in [2.24, 2.45) is 0 Å². The number of carbonyl (C=O) groups excluding carboxylic acids is 1. The molecule has 0 fully saturated rings. The molecule has 0 unspecified atom stereocenters. The van der Waals surface area contributed by atoms with E-state index in [-0.39, 0.29) is 5.91 Å². The van der Waals surface area contributed by atoms with Crippen LogP contribution in [0.1, 0.15) is 5.56 Å². The first kappa shape index (κ1) is 8.01. The molecule has 0 radical (unpaired) electrons. The first-order valence-corrected chi connectivity index (χ1v) is 4.48. The number of anilines is 1. The third-order valence-electron chi connectivity index (χ3n) is 1.63. The molecule has 1 aliphatic heterocycles. The summed E-state index contributed by atoms with van der Waals surface area (Å²) >= 11 is 8.99. The van der Waals surface area contributed by atoms with Crippen LogP contribution in [0.2, 0.25) is 5.15 Å². The smallest absolute Gasteiger partial charge is 0.230 e. The molecular weight excluding hydrogens is 243 g/mol. The van der Waals surface area contributed by atoms with E-state index >= 15 is 0 Å². The van der Waals surface area contributed by atoms with E-state index in [1.807, 2.05) is 0 Å². The zero-order valence-corrected chi connectivity index (χ0v) is 8.24. The van der Waals surface area contributed by atoms with Gasteiger partial charge in [0.05, 0.1) is 6.42 Å². The molecule has 1 aliphatic rings. The fraction of sp³-hybridized carbons (Fsp3) is 0.143. The monoisotopic (exact) mass is 246 g/mol. The number of hydrogen-bond acceptors (Lipinski definition) is 2. The molecule has 2 rings (SSSR count). The quantitative estimate of drug-likeness (QED) is 0.713. The fourth-order valence-electron chi connectivity index (χ4n) is 1.12. The van der Waals surface area contributed by atoms with Crippen molar-refractivity contribution in [1.29, 1.82) is 0 Å². The van der Waals surface area contributed by atoms with Gasteiger partial charge in [-0.1, -0.05) is 27.5 Å². The first-order valence-electron chi connectivity index (χ1n) is 3.31. The first-order chi connectivity index (χ1) is 5.66. The summed E-state index contributed by atoms with van der Waals surface area (Å²) in [6, 6.07) is 1.68. The van der Waals surface area contributed by atoms with Gasteiger partial charge >= 0.3 is 0 Å². The summed E-state index contributed by atoms with van der Waals surface area (Å²) in [7, 11) is 0. The average Bonchev–Trinajstić information content (AvgIpc) is 2.29. The SMILES string of the molecule is O=C1Cc2c(Br)cc(Cl)nc2N1. The topological polar surface area (TPSA) is 42.0 Å². The van der Waals surface area contributed by atoms with E-state index in [2.05, 4.69) is 26.2 Å². The summed E-state index contributed by atoms with van der Waals surface area (Å²) in [5, 5.41) is 2.99. The highest BCUT2D eigenvalue weighted by atomic mass is 79.9. The lowest BCUT2D eigenvalue weighted by molar-refractivity contribution is -0.115. The Morgan fingerprint density at radius 3 is 3.17 bits per heavy atom. The fourth-order valence-corrected chi connectivity index (χ4v) is 1.99. The predicted octanol–water partition coefficient (Wildman–Crippen LogP) is 1.99. The van der Waals surface area contributed by atoms with Crippen LogP contribution in [0.4, 0.5) is 5.82 Å². The van der Waals surface area contributed by atoms with Gasteiger partial charge in [-0.3, -0.25) is 4.79 Å². The zero-order valence-electron chi connectivity index (χ0n) is 5.90. The van der Waals surface area contributed by atoms with Crippen LogP contribution >= 0.6 is 27.5 Å². The molecule has 3 nitrogen and oxygen atoms in total. The highest BCUT2D eigenvalue weighted by Gasteiger charge is 2.21. The van der Waals surface area contributed by atoms with Crippen LogP contribution in [0, 0.1) is 0 Å². The maximum absolute atomic E-state index is 10.9. The summed E-state index contributed by atoms with van der Waals surface area (Å²) in [4.78, 5) is 14.9. The largest absolute Gasteiger partial charge is 0.310 e. The van der Waals surface area contributed by atoms with Crippen LogP contribution < -0.4 is 5.32 Å². The third-order valence-corrected chi connectivity index (χ3v) is 2.53. The van der Waals surface area contributed by atoms with Gasteiger partial charge in [-0.05, 0) is 6.07 Å². The minimum absolute atomic E-state index is 0.0412. The Morgan fingerprint density at radius 2 is 2.42 bits per heavy atom. The lowest BCUT2D eigenvalue weighted by Crippen LogP contribution is -2.04. The van der Waals surface area contributed by atoms with Crippen LogP contribution in [0.25, 0.3) is 0 Å². The van der Waals surface area contributed by atoms with Crippen molar-refractivity contribution < 1.29 is 4.79 Å². The number of amides is 1. The standard InChI is InChI=1S/C7H4BrClN2O/c8-4-2-5(9)10-7-3(4)1-6(12)11-7/h2H,1H2,(H,10,11,12). The van der Waals surface area contributed by atoms with Crippen molar-refractivity contribution in [2.75, 3.05) is 5.32 Å². The molecule has 0 atom stereocenters. The Kier molecular flexibility index (Phi) is 1.81. The number of rotatable bonds is 0. The predicted molar refractivity (Wildman–Crippen MR) is 49.3 cm³/mol. The molecular formula is C7H4BrClN2O. The molecule has 0 saturated heterocycles. The van der Waals surface area contributed by atoms with Gasteiger partial charge in [0.1, 0.15) is 11.0 Å². The van der Waals surface area contributed by atoms with E-state index in [0.29, 0.717) is 17.4 Å². The van der Waals surface area contributed by atoms with Gasteiger partial charge in [-0.15, -0.1) is 0 Å². The van der Waals surface area contributed by atoms with Crippen molar-refractivity contribution in [2.45, 2.75) is 6.42 Å². The number of aromatic nitrogens is 1. The maximum atomic E-state index is 10.9. The molecule has 1 amide bonds. The number of hydrogen-bond donors (Lipinski definition) is 1. The Hall–Kier alpha value is -0.610. The third kappa shape index (κ3) is 1.21. The van der Waals surface area contributed by atoms with Crippen molar-refractivity contribution in [3.8, 4) is 0 Å². The van der Waals surface area contributed by atoms with Crippen molar-refractivity contribution in [1.82, 2.24) is 4.98 Å². The highest BCUT2D eigenvalue weighted by Crippen LogP contribution is 2.30. The minimum atomic E-state index is -0.0412. The zero-order chi connectivity index (χ0) is 8.72. The highest BCUT2D eigenvalue weighted by molar-refractivity contribution is 9.10. The molecule has 1 aromatic rings. The van der Waals surface area contributed by atoms with E-state index < -0.39 is 0 Å². The molecule has 1 aromatic heterocycles. The van der Waals surface area contributed by atoms with Crippen LogP contribution in [0.3, 0.4) is 0 Å². The molecule has 5 heteroatoms.